The lowest BCUT2D eigenvalue weighted by Crippen LogP contribution is -2.10. The molecule has 0 amide bonds. The highest BCUT2D eigenvalue weighted by molar-refractivity contribution is 7.87. The molecule has 2 aromatic heterocycles. The number of pyridine rings is 2. The summed E-state index contributed by atoms with van der Waals surface area (Å²) in [4.78, 5) is 8.47. The van der Waals surface area contributed by atoms with Crippen molar-refractivity contribution < 1.29 is 12.6 Å². The molecule has 144 valence electrons. The Bertz CT molecular complexity index is 1280. The lowest BCUT2D eigenvalue weighted by Gasteiger charge is -2.10. The lowest BCUT2D eigenvalue weighted by atomic mass is 10.1. The third-order valence-electron chi connectivity index (χ3n) is 4.44. The van der Waals surface area contributed by atoms with Gasteiger partial charge in [0, 0.05) is 24.0 Å². The average molecular weight is 402 g/mol. The summed E-state index contributed by atoms with van der Waals surface area (Å²) in [5, 5.41) is 0.800. The highest BCUT2D eigenvalue weighted by Gasteiger charge is 2.18. The topological polar surface area (TPSA) is 69.2 Å². The molecule has 4 rings (SSSR count). The van der Waals surface area contributed by atoms with Crippen molar-refractivity contribution in [2.24, 2.45) is 0 Å². The van der Waals surface area contributed by atoms with Crippen LogP contribution in [0.1, 0.15) is 16.7 Å². The van der Waals surface area contributed by atoms with Gasteiger partial charge in [-0.3, -0.25) is 9.97 Å². The number of hydrogen-bond donors (Lipinski definition) is 0. The standard InChI is InChI=1S/C23H18N2O3S/c1-17-5-9-20(10-6-17)29(26,27)28-22-4-2-3-21-19(13-16-25-23(21)22)8-7-18-11-14-24-15-12-18/h2-16H,1H3/b8-7+. The minimum absolute atomic E-state index is 0.105. The van der Waals surface area contributed by atoms with Gasteiger partial charge in [-0.25, -0.2) is 0 Å². The fourth-order valence-corrected chi connectivity index (χ4v) is 3.85. The van der Waals surface area contributed by atoms with Crippen molar-refractivity contribution >= 4 is 33.2 Å². The van der Waals surface area contributed by atoms with Crippen molar-refractivity contribution in [3.63, 3.8) is 0 Å². The molecule has 0 bridgehead atoms. The van der Waals surface area contributed by atoms with Gasteiger partial charge in [0.1, 0.15) is 10.4 Å². The fraction of sp³-hybridized carbons (Fsp3) is 0.0435. The highest BCUT2D eigenvalue weighted by Crippen LogP contribution is 2.29. The van der Waals surface area contributed by atoms with Gasteiger partial charge in [0.2, 0.25) is 0 Å². The summed E-state index contributed by atoms with van der Waals surface area (Å²) in [5.74, 6) is 0.197. The van der Waals surface area contributed by atoms with Crippen molar-refractivity contribution in [3.05, 3.63) is 95.9 Å². The number of rotatable bonds is 5. The normalized spacial score (nSPS) is 11.8. The van der Waals surface area contributed by atoms with Crippen molar-refractivity contribution in [2.75, 3.05) is 0 Å². The molecule has 0 spiro atoms. The third-order valence-corrected chi connectivity index (χ3v) is 5.69. The van der Waals surface area contributed by atoms with E-state index in [0.29, 0.717) is 5.52 Å². The van der Waals surface area contributed by atoms with E-state index in [1.807, 2.05) is 43.3 Å². The minimum atomic E-state index is -3.95. The first-order chi connectivity index (χ1) is 14.0. The van der Waals surface area contributed by atoms with Crippen LogP contribution in [0.15, 0.2) is 84.1 Å². The average Bonchev–Trinajstić information content (AvgIpc) is 2.73. The Kier molecular flexibility index (Phi) is 5.10. The number of fused-ring (bicyclic) bond motifs is 1. The molecule has 0 aliphatic heterocycles. The minimum Gasteiger partial charge on any atom is -0.377 e. The van der Waals surface area contributed by atoms with Crippen LogP contribution in [0, 0.1) is 6.92 Å². The van der Waals surface area contributed by atoms with Crippen LogP contribution in [0.3, 0.4) is 0 Å². The van der Waals surface area contributed by atoms with Crippen LogP contribution in [0.5, 0.6) is 5.75 Å². The largest absolute Gasteiger partial charge is 0.377 e. The summed E-state index contributed by atoms with van der Waals surface area (Å²) in [7, 11) is -3.95. The molecule has 0 atom stereocenters. The highest BCUT2D eigenvalue weighted by atomic mass is 32.2. The molecular formula is C23H18N2O3S. The Morgan fingerprint density at radius 3 is 2.38 bits per heavy atom. The van der Waals surface area contributed by atoms with Gasteiger partial charge in [-0.15, -0.1) is 0 Å². The van der Waals surface area contributed by atoms with E-state index in [4.69, 9.17) is 4.18 Å². The van der Waals surface area contributed by atoms with Gasteiger partial charge in [-0.2, -0.15) is 8.42 Å². The SMILES string of the molecule is Cc1ccc(S(=O)(=O)Oc2cccc3c(/C=C/c4ccncc4)ccnc23)cc1. The molecule has 2 heterocycles. The van der Waals surface area contributed by atoms with E-state index in [-0.39, 0.29) is 10.6 Å². The maximum atomic E-state index is 12.7. The van der Waals surface area contributed by atoms with E-state index in [9.17, 15) is 8.42 Å². The van der Waals surface area contributed by atoms with E-state index in [0.717, 1.165) is 22.1 Å². The van der Waals surface area contributed by atoms with Gasteiger partial charge in [-0.1, -0.05) is 42.0 Å². The van der Waals surface area contributed by atoms with E-state index < -0.39 is 10.1 Å². The quantitative estimate of drug-likeness (QED) is 0.445. The summed E-state index contributed by atoms with van der Waals surface area (Å²) < 4.78 is 30.8. The van der Waals surface area contributed by atoms with E-state index in [1.165, 1.54) is 12.1 Å². The van der Waals surface area contributed by atoms with Gasteiger partial charge in [0.25, 0.3) is 0 Å². The second kappa shape index (κ2) is 7.85. The van der Waals surface area contributed by atoms with Crippen LogP contribution in [-0.4, -0.2) is 18.4 Å². The molecule has 0 N–H and O–H groups in total. The number of benzene rings is 2. The molecule has 0 saturated carbocycles. The molecule has 0 aliphatic rings. The van der Waals surface area contributed by atoms with E-state index in [2.05, 4.69) is 9.97 Å². The van der Waals surface area contributed by atoms with Gasteiger partial charge in [0.15, 0.2) is 5.75 Å². The molecule has 0 aliphatic carbocycles. The number of aromatic nitrogens is 2. The van der Waals surface area contributed by atoms with Crippen LogP contribution in [0.25, 0.3) is 23.1 Å². The van der Waals surface area contributed by atoms with Crippen LogP contribution >= 0.6 is 0 Å². The number of aryl methyl sites for hydroxylation is 1. The summed E-state index contributed by atoms with van der Waals surface area (Å²) in [6.07, 6.45) is 9.02. The summed E-state index contributed by atoms with van der Waals surface area (Å²) >= 11 is 0. The van der Waals surface area contributed by atoms with Crippen molar-refractivity contribution in [1.82, 2.24) is 9.97 Å². The molecule has 5 nitrogen and oxygen atoms in total. The van der Waals surface area contributed by atoms with Crippen LogP contribution in [0.2, 0.25) is 0 Å². The van der Waals surface area contributed by atoms with Crippen LogP contribution in [-0.2, 0) is 10.1 Å². The van der Waals surface area contributed by atoms with E-state index in [1.54, 1.807) is 42.9 Å². The number of para-hydroxylation sites is 1. The van der Waals surface area contributed by atoms with Crippen LogP contribution < -0.4 is 4.18 Å². The molecule has 29 heavy (non-hydrogen) atoms. The van der Waals surface area contributed by atoms with Crippen molar-refractivity contribution in [3.8, 4) is 5.75 Å². The fourth-order valence-electron chi connectivity index (χ4n) is 2.91. The zero-order valence-electron chi connectivity index (χ0n) is 15.7. The lowest BCUT2D eigenvalue weighted by molar-refractivity contribution is 0.488. The zero-order chi connectivity index (χ0) is 20.3. The van der Waals surface area contributed by atoms with Crippen molar-refractivity contribution in [1.29, 1.82) is 0 Å². The first kappa shape index (κ1) is 18.8. The Morgan fingerprint density at radius 2 is 1.62 bits per heavy atom. The predicted octanol–water partition coefficient (Wildman–Crippen LogP) is 4.88. The van der Waals surface area contributed by atoms with Gasteiger partial charge < -0.3 is 4.18 Å². The van der Waals surface area contributed by atoms with Crippen LogP contribution in [0.4, 0.5) is 0 Å². The molecule has 0 saturated heterocycles. The van der Waals surface area contributed by atoms with Gasteiger partial charge in [-0.05, 0) is 54.4 Å². The molecular weight excluding hydrogens is 384 g/mol. The second-order valence-electron chi connectivity index (χ2n) is 6.52. The van der Waals surface area contributed by atoms with Gasteiger partial charge in [0.05, 0.1) is 0 Å². The molecule has 2 aromatic carbocycles. The first-order valence-corrected chi connectivity index (χ1v) is 10.4. The number of nitrogens with zero attached hydrogens (tertiary/aromatic N) is 2. The Labute approximate surface area is 169 Å². The predicted molar refractivity (Wildman–Crippen MR) is 114 cm³/mol. The first-order valence-electron chi connectivity index (χ1n) is 9.00. The summed E-state index contributed by atoms with van der Waals surface area (Å²) in [5.41, 5.74) is 3.38. The second-order valence-corrected chi connectivity index (χ2v) is 8.06. The smallest absolute Gasteiger partial charge is 0.339 e. The van der Waals surface area contributed by atoms with Crippen molar-refractivity contribution in [2.45, 2.75) is 11.8 Å². The summed E-state index contributed by atoms with van der Waals surface area (Å²) in [6.45, 7) is 1.90. The maximum absolute atomic E-state index is 12.7. The molecule has 0 unspecified atom stereocenters. The zero-order valence-corrected chi connectivity index (χ0v) is 16.5. The third kappa shape index (κ3) is 4.17. The monoisotopic (exact) mass is 402 g/mol. The Hall–Kier alpha value is -3.51. The molecule has 0 fully saturated rings. The number of hydrogen-bond acceptors (Lipinski definition) is 5. The molecule has 0 radical (unpaired) electrons. The molecule has 4 aromatic rings. The Balaban J connectivity index is 1.71. The van der Waals surface area contributed by atoms with Gasteiger partial charge >= 0.3 is 10.1 Å². The van der Waals surface area contributed by atoms with E-state index >= 15 is 0 Å². The maximum Gasteiger partial charge on any atom is 0.339 e. The Morgan fingerprint density at radius 1 is 0.862 bits per heavy atom. The molecule has 6 heteroatoms. The summed E-state index contributed by atoms with van der Waals surface area (Å²) in [6, 6.07) is 17.5.